The summed E-state index contributed by atoms with van der Waals surface area (Å²) in [5.74, 6) is 0.0242. The molecule has 23 heavy (non-hydrogen) atoms. The molecule has 3 heteroatoms. The first kappa shape index (κ1) is 15.0. The Hall–Kier alpha value is -2.96. The maximum atomic E-state index is 11.9. The molecule has 0 N–H and O–H groups in total. The molecular formula is C20H13NOS. The van der Waals surface area contributed by atoms with Crippen molar-refractivity contribution in [3.63, 3.8) is 0 Å². The first-order valence-electron chi connectivity index (χ1n) is 7.13. The summed E-state index contributed by atoms with van der Waals surface area (Å²) in [5.41, 5.74) is 3.78. The van der Waals surface area contributed by atoms with E-state index in [1.165, 1.54) is 11.3 Å². The largest absolute Gasteiger partial charge is 0.288 e. The van der Waals surface area contributed by atoms with E-state index < -0.39 is 0 Å². The molecule has 3 rings (SSSR count). The molecule has 3 aromatic rings. The van der Waals surface area contributed by atoms with Crippen molar-refractivity contribution in [2.75, 3.05) is 0 Å². The molecule has 0 spiro atoms. The molecule has 2 nitrogen and oxygen atoms in total. The molecular weight excluding hydrogens is 302 g/mol. The fourth-order valence-corrected chi connectivity index (χ4v) is 2.84. The fourth-order valence-electron chi connectivity index (χ4n) is 2.20. The Kier molecular flexibility index (Phi) is 4.46. The highest BCUT2D eigenvalue weighted by atomic mass is 32.1. The number of carbonyl (C=O) groups excluding carboxylic acids is 1. The van der Waals surface area contributed by atoms with Gasteiger partial charge in [0.1, 0.15) is 0 Å². The van der Waals surface area contributed by atoms with E-state index in [-0.39, 0.29) is 5.78 Å². The van der Waals surface area contributed by atoms with Crippen LogP contribution in [0.2, 0.25) is 0 Å². The predicted molar refractivity (Wildman–Crippen MR) is 94.3 cm³/mol. The number of nitriles is 1. The van der Waals surface area contributed by atoms with Crippen molar-refractivity contribution in [2.45, 2.75) is 0 Å². The van der Waals surface area contributed by atoms with E-state index in [2.05, 4.69) is 6.07 Å². The monoisotopic (exact) mass is 315 g/mol. The first-order valence-corrected chi connectivity index (χ1v) is 8.01. The number of thiophene rings is 1. The van der Waals surface area contributed by atoms with E-state index >= 15 is 0 Å². The molecule has 0 saturated carbocycles. The van der Waals surface area contributed by atoms with Gasteiger partial charge in [-0.2, -0.15) is 5.26 Å². The number of benzene rings is 2. The topological polar surface area (TPSA) is 40.9 Å². The zero-order valence-electron chi connectivity index (χ0n) is 12.3. The maximum absolute atomic E-state index is 11.9. The van der Waals surface area contributed by atoms with Gasteiger partial charge in [0.15, 0.2) is 5.78 Å². The van der Waals surface area contributed by atoms with Crippen molar-refractivity contribution in [3.05, 3.63) is 88.1 Å². The van der Waals surface area contributed by atoms with Gasteiger partial charge in [0, 0.05) is 0 Å². The molecule has 0 fully saturated rings. The van der Waals surface area contributed by atoms with E-state index in [0.717, 1.165) is 21.6 Å². The number of rotatable bonds is 4. The maximum Gasteiger partial charge on any atom is 0.195 e. The van der Waals surface area contributed by atoms with Crippen molar-refractivity contribution in [1.29, 1.82) is 5.26 Å². The summed E-state index contributed by atoms with van der Waals surface area (Å²) in [7, 11) is 0. The minimum absolute atomic E-state index is 0.0242. The molecule has 0 atom stereocenters. The number of ketones is 1. The summed E-state index contributed by atoms with van der Waals surface area (Å²) >= 11 is 1.45. The minimum atomic E-state index is 0.0242. The second-order valence-electron chi connectivity index (χ2n) is 4.99. The van der Waals surface area contributed by atoms with Gasteiger partial charge in [-0.15, -0.1) is 11.3 Å². The van der Waals surface area contributed by atoms with Crippen LogP contribution in [0.5, 0.6) is 0 Å². The van der Waals surface area contributed by atoms with Gasteiger partial charge in [-0.05, 0) is 46.3 Å². The number of carbonyl (C=O) groups is 1. The zero-order chi connectivity index (χ0) is 16.1. The SMILES string of the molecule is N#Cc1ccc(-c2ccc(/C=C/C(=O)c3cccs3)cc2)cc1. The van der Waals surface area contributed by atoms with E-state index in [1.54, 1.807) is 6.08 Å². The third-order valence-corrected chi connectivity index (χ3v) is 4.33. The second-order valence-corrected chi connectivity index (χ2v) is 5.93. The standard InChI is InChI=1S/C20H13NOS/c21-14-16-5-10-18(11-6-16)17-8-3-15(4-9-17)7-12-19(22)20-2-1-13-23-20/h1-13H/b12-7+. The Labute approximate surface area is 139 Å². The van der Waals surface area contributed by atoms with Crippen molar-refractivity contribution in [2.24, 2.45) is 0 Å². The average molecular weight is 315 g/mol. The summed E-state index contributed by atoms with van der Waals surface area (Å²) in [5, 5.41) is 10.7. The highest BCUT2D eigenvalue weighted by molar-refractivity contribution is 7.12. The van der Waals surface area contributed by atoms with Crippen LogP contribution in [0.1, 0.15) is 20.8 Å². The van der Waals surface area contributed by atoms with E-state index in [4.69, 9.17) is 5.26 Å². The highest BCUT2D eigenvalue weighted by Gasteiger charge is 2.02. The molecule has 1 aromatic heterocycles. The zero-order valence-corrected chi connectivity index (χ0v) is 13.1. The smallest absolute Gasteiger partial charge is 0.195 e. The Bertz CT molecular complexity index is 867. The molecule has 0 radical (unpaired) electrons. The number of hydrogen-bond donors (Lipinski definition) is 0. The molecule has 2 aromatic carbocycles. The van der Waals surface area contributed by atoms with Crippen molar-refractivity contribution in [1.82, 2.24) is 0 Å². The van der Waals surface area contributed by atoms with Gasteiger partial charge >= 0.3 is 0 Å². The normalized spacial score (nSPS) is 10.6. The molecule has 0 bridgehead atoms. The van der Waals surface area contributed by atoms with Gasteiger partial charge in [0.05, 0.1) is 16.5 Å². The van der Waals surface area contributed by atoms with Crippen LogP contribution >= 0.6 is 11.3 Å². The summed E-state index contributed by atoms with van der Waals surface area (Å²) in [6.45, 7) is 0. The van der Waals surface area contributed by atoms with Crippen LogP contribution < -0.4 is 0 Å². The molecule has 1 heterocycles. The van der Waals surface area contributed by atoms with E-state index in [0.29, 0.717) is 5.56 Å². The second kappa shape index (κ2) is 6.87. The van der Waals surface area contributed by atoms with Gasteiger partial charge in [-0.1, -0.05) is 48.5 Å². The Morgan fingerprint density at radius 3 is 2.17 bits per heavy atom. The van der Waals surface area contributed by atoms with Crippen LogP contribution in [-0.4, -0.2) is 5.78 Å². The minimum Gasteiger partial charge on any atom is -0.288 e. The molecule has 0 saturated heterocycles. The number of nitrogens with zero attached hydrogens (tertiary/aromatic N) is 1. The van der Waals surface area contributed by atoms with Crippen molar-refractivity contribution < 1.29 is 4.79 Å². The lowest BCUT2D eigenvalue weighted by Crippen LogP contribution is -1.88. The van der Waals surface area contributed by atoms with Gasteiger partial charge < -0.3 is 0 Å². The molecule has 0 unspecified atom stereocenters. The van der Waals surface area contributed by atoms with Gasteiger partial charge in [-0.3, -0.25) is 4.79 Å². The molecule has 0 aliphatic carbocycles. The average Bonchev–Trinajstić information content (AvgIpc) is 3.15. The predicted octanol–water partition coefficient (Wildman–Crippen LogP) is 5.18. The highest BCUT2D eigenvalue weighted by Crippen LogP contribution is 2.21. The summed E-state index contributed by atoms with van der Waals surface area (Å²) in [6.07, 6.45) is 3.42. The lowest BCUT2D eigenvalue weighted by atomic mass is 10.0. The Morgan fingerprint density at radius 2 is 1.61 bits per heavy atom. The third-order valence-electron chi connectivity index (χ3n) is 3.45. The van der Waals surface area contributed by atoms with Crippen molar-refractivity contribution in [3.8, 4) is 17.2 Å². The first-order chi connectivity index (χ1) is 11.3. The molecule has 0 aliphatic heterocycles. The summed E-state index contributed by atoms with van der Waals surface area (Å²) in [6, 6.07) is 21.3. The summed E-state index contributed by atoms with van der Waals surface area (Å²) < 4.78 is 0. The van der Waals surface area contributed by atoms with Crippen LogP contribution in [0, 0.1) is 11.3 Å². The lowest BCUT2D eigenvalue weighted by Gasteiger charge is -2.02. The van der Waals surface area contributed by atoms with Gasteiger partial charge in [0.2, 0.25) is 0 Å². The van der Waals surface area contributed by atoms with Crippen molar-refractivity contribution >= 4 is 23.2 Å². The van der Waals surface area contributed by atoms with E-state index in [9.17, 15) is 4.79 Å². The van der Waals surface area contributed by atoms with Crippen LogP contribution in [0.4, 0.5) is 0 Å². The van der Waals surface area contributed by atoms with Gasteiger partial charge in [-0.25, -0.2) is 0 Å². The van der Waals surface area contributed by atoms with Crippen LogP contribution in [0.15, 0.2) is 72.1 Å². The third kappa shape index (κ3) is 3.63. The fraction of sp³-hybridized carbons (Fsp3) is 0. The molecule has 110 valence electrons. The van der Waals surface area contributed by atoms with Crippen LogP contribution in [0.25, 0.3) is 17.2 Å². The summed E-state index contributed by atoms with van der Waals surface area (Å²) in [4.78, 5) is 12.7. The number of allylic oxidation sites excluding steroid dienone is 1. The van der Waals surface area contributed by atoms with Crippen LogP contribution in [-0.2, 0) is 0 Å². The lowest BCUT2D eigenvalue weighted by molar-refractivity contribution is 0.105. The van der Waals surface area contributed by atoms with E-state index in [1.807, 2.05) is 72.1 Å². The molecule has 0 aliphatic rings. The number of hydrogen-bond acceptors (Lipinski definition) is 3. The molecule has 0 amide bonds. The quantitative estimate of drug-likeness (QED) is 0.491. The Morgan fingerprint density at radius 1 is 0.957 bits per heavy atom. The van der Waals surface area contributed by atoms with Crippen LogP contribution in [0.3, 0.4) is 0 Å². The van der Waals surface area contributed by atoms with Gasteiger partial charge in [0.25, 0.3) is 0 Å². The Balaban J connectivity index is 1.74.